The van der Waals surface area contributed by atoms with Crippen molar-refractivity contribution in [3.05, 3.63) is 47.2 Å². The molecule has 0 aliphatic rings. The van der Waals surface area contributed by atoms with Crippen LogP contribution in [0.15, 0.2) is 36.7 Å². The van der Waals surface area contributed by atoms with Gasteiger partial charge in [-0.05, 0) is 24.3 Å². The predicted molar refractivity (Wildman–Crippen MR) is 67.7 cm³/mol. The van der Waals surface area contributed by atoms with E-state index in [0.717, 1.165) is 0 Å². The number of aromatic hydroxyl groups is 1. The smallest absolute Gasteiger partial charge is 0.255 e. The molecule has 0 saturated heterocycles. The average molecular weight is 266 g/mol. The Bertz CT molecular complexity index is 540. The maximum atomic E-state index is 11.8. The minimum Gasteiger partial charge on any atom is -0.507 e. The molecule has 1 aromatic carbocycles. The molecule has 0 radical (unpaired) electrons. The van der Waals surface area contributed by atoms with Crippen LogP contribution in [0, 0.1) is 0 Å². The van der Waals surface area contributed by atoms with Gasteiger partial charge in [0.2, 0.25) is 0 Å². The molecule has 0 saturated carbocycles. The fourth-order valence-electron chi connectivity index (χ4n) is 1.50. The van der Waals surface area contributed by atoms with Gasteiger partial charge in [0, 0.05) is 24.0 Å². The second kappa shape index (κ2) is 5.55. The summed E-state index contributed by atoms with van der Waals surface area (Å²) < 4.78 is 1.71. The van der Waals surface area contributed by atoms with Crippen molar-refractivity contribution >= 4 is 17.5 Å². The Hall–Kier alpha value is -2.01. The quantitative estimate of drug-likeness (QED) is 0.884. The van der Waals surface area contributed by atoms with Crippen molar-refractivity contribution in [2.75, 3.05) is 6.54 Å². The Kier molecular flexibility index (Phi) is 3.84. The lowest BCUT2D eigenvalue weighted by Crippen LogP contribution is -2.27. The van der Waals surface area contributed by atoms with Crippen LogP contribution in [0.5, 0.6) is 5.75 Å². The number of phenols is 1. The van der Waals surface area contributed by atoms with E-state index in [9.17, 15) is 9.90 Å². The van der Waals surface area contributed by atoms with Crippen LogP contribution >= 0.6 is 11.6 Å². The van der Waals surface area contributed by atoms with Gasteiger partial charge < -0.3 is 10.4 Å². The van der Waals surface area contributed by atoms with Crippen LogP contribution < -0.4 is 5.32 Å². The van der Waals surface area contributed by atoms with E-state index in [2.05, 4.69) is 10.4 Å². The summed E-state index contributed by atoms with van der Waals surface area (Å²) in [4.78, 5) is 11.8. The molecule has 2 rings (SSSR count). The lowest BCUT2D eigenvalue weighted by Gasteiger charge is -2.07. The Labute approximate surface area is 109 Å². The van der Waals surface area contributed by atoms with Crippen LogP contribution in [0.25, 0.3) is 0 Å². The van der Waals surface area contributed by atoms with Crippen LogP contribution in [0.2, 0.25) is 5.02 Å². The zero-order valence-electron chi connectivity index (χ0n) is 9.51. The lowest BCUT2D eigenvalue weighted by atomic mass is 10.2. The number of hydrogen-bond acceptors (Lipinski definition) is 3. The molecule has 0 unspecified atom stereocenters. The number of carbonyl (C=O) groups is 1. The highest BCUT2D eigenvalue weighted by atomic mass is 35.5. The standard InChI is InChI=1S/C12H12ClN3O2/c13-9-2-3-11(17)10(8-9)12(18)14-5-7-16-6-1-4-15-16/h1-4,6,8,17H,5,7H2,(H,14,18). The zero-order valence-corrected chi connectivity index (χ0v) is 10.3. The number of halogens is 1. The first-order valence-electron chi connectivity index (χ1n) is 5.41. The molecule has 1 aromatic heterocycles. The summed E-state index contributed by atoms with van der Waals surface area (Å²) in [6, 6.07) is 6.16. The fraction of sp³-hybridized carbons (Fsp3) is 0.167. The predicted octanol–water partition coefficient (Wildman–Crippen LogP) is 1.67. The molecule has 0 aliphatic heterocycles. The number of benzene rings is 1. The van der Waals surface area contributed by atoms with Gasteiger partial charge in [-0.3, -0.25) is 9.48 Å². The highest BCUT2D eigenvalue weighted by molar-refractivity contribution is 6.31. The number of amides is 1. The van der Waals surface area contributed by atoms with Gasteiger partial charge in [-0.25, -0.2) is 0 Å². The molecule has 5 nitrogen and oxygen atoms in total. The van der Waals surface area contributed by atoms with E-state index in [0.29, 0.717) is 18.1 Å². The monoisotopic (exact) mass is 265 g/mol. The second-order valence-corrected chi connectivity index (χ2v) is 4.12. The number of nitrogens with one attached hydrogen (secondary N) is 1. The number of carbonyl (C=O) groups excluding carboxylic acids is 1. The minimum absolute atomic E-state index is 0.0870. The number of aromatic nitrogens is 2. The van der Waals surface area contributed by atoms with Gasteiger partial charge >= 0.3 is 0 Å². The first-order valence-corrected chi connectivity index (χ1v) is 5.79. The molecule has 0 aliphatic carbocycles. The van der Waals surface area contributed by atoms with Gasteiger partial charge in [-0.2, -0.15) is 5.10 Å². The molecule has 0 fully saturated rings. The first-order chi connectivity index (χ1) is 8.66. The van der Waals surface area contributed by atoms with Gasteiger partial charge in [0.25, 0.3) is 5.91 Å². The van der Waals surface area contributed by atoms with Gasteiger partial charge in [0.15, 0.2) is 0 Å². The van der Waals surface area contributed by atoms with E-state index in [-0.39, 0.29) is 17.2 Å². The summed E-state index contributed by atoms with van der Waals surface area (Å²) >= 11 is 5.77. The van der Waals surface area contributed by atoms with Gasteiger partial charge in [-0.1, -0.05) is 11.6 Å². The SMILES string of the molecule is O=C(NCCn1cccn1)c1cc(Cl)ccc1O. The number of hydrogen-bond donors (Lipinski definition) is 2. The molecule has 18 heavy (non-hydrogen) atoms. The van der Waals surface area contributed by atoms with Crippen LogP contribution in [0.1, 0.15) is 10.4 Å². The normalized spacial score (nSPS) is 10.3. The lowest BCUT2D eigenvalue weighted by molar-refractivity contribution is 0.0949. The maximum Gasteiger partial charge on any atom is 0.255 e. The van der Waals surface area contributed by atoms with E-state index in [1.165, 1.54) is 18.2 Å². The van der Waals surface area contributed by atoms with E-state index in [1.54, 1.807) is 10.9 Å². The fourth-order valence-corrected chi connectivity index (χ4v) is 1.67. The molecule has 0 spiro atoms. The molecule has 94 valence electrons. The third-order valence-corrected chi connectivity index (χ3v) is 2.62. The van der Waals surface area contributed by atoms with Crippen LogP contribution in [-0.2, 0) is 6.54 Å². The topological polar surface area (TPSA) is 67.2 Å². The second-order valence-electron chi connectivity index (χ2n) is 3.69. The molecule has 0 bridgehead atoms. The first kappa shape index (κ1) is 12.4. The molecule has 6 heteroatoms. The Balaban J connectivity index is 1.93. The van der Waals surface area contributed by atoms with E-state index in [1.807, 2.05) is 12.3 Å². The zero-order chi connectivity index (χ0) is 13.0. The highest BCUT2D eigenvalue weighted by Crippen LogP contribution is 2.21. The summed E-state index contributed by atoms with van der Waals surface area (Å²) in [6.45, 7) is 0.993. The van der Waals surface area contributed by atoms with Crippen LogP contribution in [0.4, 0.5) is 0 Å². The van der Waals surface area contributed by atoms with Crippen molar-refractivity contribution in [2.24, 2.45) is 0 Å². The van der Waals surface area contributed by atoms with Crippen molar-refractivity contribution in [3.8, 4) is 5.75 Å². The number of rotatable bonds is 4. The molecule has 0 atom stereocenters. The average Bonchev–Trinajstić information content (AvgIpc) is 2.85. The molecule has 2 N–H and O–H groups in total. The van der Waals surface area contributed by atoms with Gasteiger partial charge in [0.05, 0.1) is 12.1 Å². The summed E-state index contributed by atoms with van der Waals surface area (Å²) in [6.07, 6.45) is 3.48. The minimum atomic E-state index is -0.359. The summed E-state index contributed by atoms with van der Waals surface area (Å²) in [5, 5.41) is 16.7. The summed E-state index contributed by atoms with van der Waals surface area (Å²) in [5.74, 6) is -0.446. The molecule has 2 aromatic rings. The van der Waals surface area contributed by atoms with Crippen LogP contribution in [-0.4, -0.2) is 27.3 Å². The number of phenolic OH excluding ortho intramolecular Hbond substituents is 1. The van der Waals surface area contributed by atoms with Crippen molar-refractivity contribution in [1.29, 1.82) is 0 Å². The maximum absolute atomic E-state index is 11.8. The third kappa shape index (κ3) is 3.01. The largest absolute Gasteiger partial charge is 0.507 e. The van der Waals surface area contributed by atoms with Gasteiger partial charge in [0.1, 0.15) is 5.75 Å². The Morgan fingerprint density at radius 1 is 1.50 bits per heavy atom. The van der Waals surface area contributed by atoms with Crippen molar-refractivity contribution in [1.82, 2.24) is 15.1 Å². The Morgan fingerprint density at radius 2 is 2.33 bits per heavy atom. The summed E-state index contributed by atoms with van der Waals surface area (Å²) in [7, 11) is 0. The molecule has 1 amide bonds. The van der Waals surface area contributed by atoms with Crippen molar-refractivity contribution in [3.63, 3.8) is 0 Å². The van der Waals surface area contributed by atoms with Crippen LogP contribution in [0.3, 0.4) is 0 Å². The summed E-state index contributed by atoms with van der Waals surface area (Å²) in [5.41, 5.74) is 0.169. The van der Waals surface area contributed by atoms with E-state index < -0.39 is 0 Å². The highest BCUT2D eigenvalue weighted by Gasteiger charge is 2.10. The van der Waals surface area contributed by atoms with Gasteiger partial charge in [-0.15, -0.1) is 0 Å². The number of nitrogens with zero attached hydrogens (tertiary/aromatic N) is 2. The molecule has 1 heterocycles. The third-order valence-electron chi connectivity index (χ3n) is 2.39. The van der Waals surface area contributed by atoms with Crippen molar-refractivity contribution < 1.29 is 9.90 Å². The van der Waals surface area contributed by atoms with Crippen molar-refractivity contribution in [2.45, 2.75) is 6.54 Å². The Morgan fingerprint density at radius 3 is 3.06 bits per heavy atom. The van der Waals surface area contributed by atoms with E-state index in [4.69, 9.17) is 11.6 Å². The molecular weight excluding hydrogens is 254 g/mol. The molecular formula is C12H12ClN3O2. The van der Waals surface area contributed by atoms with E-state index >= 15 is 0 Å².